The number of hydrogen-bond donors (Lipinski definition) is 0. The van der Waals surface area contributed by atoms with Crippen LogP contribution in [0.15, 0.2) is 18.2 Å². The molecule has 2 nitrogen and oxygen atoms in total. The summed E-state index contributed by atoms with van der Waals surface area (Å²) in [5.41, 5.74) is 1.93. The van der Waals surface area contributed by atoms with Crippen LogP contribution in [0.1, 0.15) is 37.8 Å². The molecule has 18 heavy (non-hydrogen) atoms. The van der Waals surface area contributed by atoms with Crippen LogP contribution < -0.4 is 4.74 Å². The van der Waals surface area contributed by atoms with Gasteiger partial charge in [0.2, 0.25) is 0 Å². The van der Waals surface area contributed by atoms with Gasteiger partial charge in [-0.05, 0) is 37.7 Å². The quantitative estimate of drug-likeness (QED) is 0.808. The fraction of sp³-hybridized carbons (Fsp3) is 0.562. The summed E-state index contributed by atoms with van der Waals surface area (Å²) in [5, 5.41) is 9.59. The standard InChI is InChI=1S/C16H21NO/c1-11(2)13-8-16(9-13,10-17)14-7-12(3)5-6-15(14)18-4/h5-7,11,13H,8-9H2,1-4H3. The van der Waals surface area contributed by atoms with E-state index in [-0.39, 0.29) is 5.41 Å². The predicted octanol–water partition coefficient (Wildman–Crippen LogP) is 3.83. The summed E-state index contributed by atoms with van der Waals surface area (Å²) in [5.74, 6) is 2.17. The number of nitriles is 1. The van der Waals surface area contributed by atoms with Gasteiger partial charge in [0.1, 0.15) is 5.75 Å². The lowest BCUT2D eigenvalue weighted by Crippen LogP contribution is -2.42. The molecule has 0 bridgehead atoms. The second kappa shape index (κ2) is 4.65. The lowest BCUT2D eigenvalue weighted by Gasteiger charge is -2.45. The van der Waals surface area contributed by atoms with Gasteiger partial charge in [0.25, 0.3) is 0 Å². The molecule has 0 N–H and O–H groups in total. The fourth-order valence-corrected chi connectivity index (χ4v) is 2.87. The minimum absolute atomic E-state index is 0.327. The molecule has 0 amide bonds. The fourth-order valence-electron chi connectivity index (χ4n) is 2.87. The normalized spacial score (nSPS) is 26.6. The van der Waals surface area contributed by atoms with Crippen molar-refractivity contribution in [1.82, 2.24) is 0 Å². The van der Waals surface area contributed by atoms with E-state index in [9.17, 15) is 5.26 Å². The van der Waals surface area contributed by atoms with Crippen LogP contribution in [0, 0.1) is 30.1 Å². The van der Waals surface area contributed by atoms with Crippen molar-refractivity contribution in [3.8, 4) is 11.8 Å². The largest absolute Gasteiger partial charge is 0.496 e. The minimum Gasteiger partial charge on any atom is -0.496 e. The van der Waals surface area contributed by atoms with E-state index < -0.39 is 0 Å². The first-order valence-electron chi connectivity index (χ1n) is 6.59. The number of benzene rings is 1. The van der Waals surface area contributed by atoms with Gasteiger partial charge in [-0.1, -0.05) is 31.5 Å². The van der Waals surface area contributed by atoms with E-state index >= 15 is 0 Å². The Hall–Kier alpha value is -1.49. The van der Waals surface area contributed by atoms with Crippen molar-refractivity contribution in [2.24, 2.45) is 11.8 Å². The van der Waals surface area contributed by atoms with Gasteiger partial charge in [0, 0.05) is 5.56 Å². The smallest absolute Gasteiger partial charge is 0.123 e. The van der Waals surface area contributed by atoms with Gasteiger partial charge in [-0.2, -0.15) is 5.26 Å². The molecule has 1 aromatic carbocycles. The highest BCUT2D eigenvalue weighted by Gasteiger charge is 2.48. The highest BCUT2D eigenvalue weighted by Crippen LogP contribution is 2.52. The summed E-state index contributed by atoms with van der Waals surface area (Å²) in [7, 11) is 1.68. The van der Waals surface area contributed by atoms with Crippen LogP contribution in [0.2, 0.25) is 0 Å². The molecule has 1 aliphatic rings. The highest BCUT2D eigenvalue weighted by atomic mass is 16.5. The topological polar surface area (TPSA) is 33.0 Å². The molecular weight excluding hydrogens is 222 g/mol. The SMILES string of the molecule is COc1ccc(C)cc1C1(C#N)CC(C(C)C)C1. The Morgan fingerprint density at radius 1 is 1.39 bits per heavy atom. The van der Waals surface area contributed by atoms with Crippen LogP contribution in [0.25, 0.3) is 0 Å². The maximum Gasteiger partial charge on any atom is 0.123 e. The zero-order chi connectivity index (χ0) is 13.3. The van der Waals surface area contributed by atoms with Crippen molar-refractivity contribution in [1.29, 1.82) is 5.26 Å². The zero-order valence-corrected chi connectivity index (χ0v) is 11.7. The van der Waals surface area contributed by atoms with Crippen molar-refractivity contribution in [2.45, 2.75) is 39.0 Å². The third kappa shape index (κ3) is 1.99. The van der Waals surface area contributed by atoms with Crippen LogP contribution in [0.5, 0.6) is 5.75 Å². The van der Waals surface area contributed by atoms with Gasteiger partial charge >= 0.3 is 0 Å². The van der Waals surface area contributed by atoms with Gasteiger partial charge in [0.15, 0.2) is 0 Å². The molecule has 0 saturated heterocycles. The van der Waals surface area contributed by atoms with Gasteiger partial charge in [-0.15, -0.1) is 0 Å². The minimum atomic E-state index is -0.327. The maximum atomic E-state index is 9.59. The molecule has 0 aliphatic heterocycles. The first-order valence-corrected chi connectivity index (χ1v) is 6.59. The van der Waals surface area contributed by atoms with Crippen LogP contribution >= 0.6 is 0 Å². The second-order valence-corrected chi connectivity index (χ2v) is 5.81. The number of nitrogens with zero attached hydrogens (tertiary/aromatic N) is 1. The van der Waals surface area contributed by atoms with Crippen molar-refractivity contribution in [3.63, 3.8) is 0 Å². The Kier molecular flexibility index (Phi) is 3.34. The summed E-state index contributed by atoms with van der Waals surface area (Å²) in [6.07, 6.45) is 1.92. The van der Waals surface area contributed by atoms with Crippen LogP contribution in [-0.4, -0.2) is 7.11 Å². The Labute approximate surface area is 110 Å². The van der Waals surface area contributed by atoms with Crippen molar-refractivity contribution in [2.75, 3.05) is 7.11 Å². The summed E-state index contributed by atoms with van der Waals surface area (Å²) >= 11 is 0. The zero-order valence-electron chi connectivity index (χ0n) is 11.7. The Morgan fingerprint density at radius 2 is 2.06 bits per heavy atom. The van der Waals surface area contributed by atoms with Crippen molar-refractivity contribution < 1.29 is 4.74 Å². The van der Waals surface area contributed by atoms with E-state index in [1.165, 1.54) is 5.56 Å². The Balaban J connectivity index is 2.36. The van der Waals surface area contributed by atoms with Crippen LogP contribution in [0.4, 0.5) is 0 Å². The van der Waals surface area contributed by atoms with E-state index in [0.29, 0.717) is 11.8 Å². The third-order valence-electron chi connectivity index (χ3n) is 4.25. The van der Waals surface area contributed by atoms with Crippen molar-refractivity contribution in [3.05, 3.63) is 29.3 Å². The molecule has 0 spiro atoms. The molecule has 0 heterocycles. The Morgan fingerprint density at radius 3 is 2.56 bits per heavy atom. The highest BCUT2D eigenvalue weighted by molar-refractivity contribution is 5.47. The summed E-state index contributed by atoms with van der Waals surface area (Å²) in [6.45, 7) is 6.53. The van der Waals surface area contributed by atoms with Crippen molar-refractivity contribution >= 4 is 0 Å². The molecule has 1 aromatic rings. The molecule has 0 unspecified atom stereocenters. The Bertz CT molecular complexity index is 478. The molecule has 0 aromatic heterocycles. The van der Waals surface area contributed by atoms with E-state index in [2.05, 4.69) is 32.9 Å². The van der Waals surface area contributed by atoms with E-state index in [4.69, 9.17) is 4.74 Å². The monoisotopic (exact) mass is 243 g/mol. The molecule has 1 saturated carbocycles. The molecule has 0 atom stereocenters. The predicted molar refractivity (Wildman–Crippen MR) is 72.6 cm³/mol. The van der Waals surface area contributed by atoms with Gasteiger partial charge in [-0.3, -0.25) is 0 Å². The second-order valence-electron chi connectivity index (χ2n) is 5.81. The molecule has 2 heteroatoms. The summed E-state index contributed by atoms with van der Waals surface area (Å²) < 4.78 is 5.43. The lowest BCUT2D eigenvalue weighted by atomic mass is 9.56. The lowest BCUT2D eigenvalue weighted by molar-refractivity contribution is 0.142. The first kappa shape index (κ1) is 13.0. The number of ether oxygens (including phenoxy) is 1. The molecule has 96 valence electrons. The number of hydrogen-bond acceptors (Lipinski definition) is 2. The maximum absolute atomic E-state index is 9.59. The molecular formula is C16H21NO. The molecule has 1 aliphatic carbocycles. The van der Waals surface area contributed by atoms with Gasteiger partial charge in [-0.25, -0.2) is 0 Å². The third-order valence-corrected chi connectivity index (χ3v) is 4.25. The summed E-state index contributed by atoms with van der Waals surface area (Å²) in [4.78, 5) is 0. The average Bonchev–Trinajstić information content (AvgIpc) is 2.28. The van der Waals surface area contributed by atoms with Gasteiger partial charge < -0.3 is 4.74 Å². The van der Waals surface area contributed by atoms with Crippen LogP contribution in [0.3, 0.4) is 0 Å². The van der Waals surface area contributed by atoms with E-state index in [0.717, 1.165) is 24.2 Å². The molecule has 2 rings (SSSR count). The average molecular weight is 243 g/mol. The number of rotatable bonds is 3. The van der Waals surface area contributed by atoms with Gasteiger partial charge in [0.05, 0.1) is 18.6 Å². The summed E-state index contributed by atoms with van der Waals surface area (Å²) in [6, 6.07) is 8.66. The van der Waals surface area contributed by atoms with E-state index in [1.807, 2.05) is 12.1 Å². The molecule has 1 fully saturated rings. The van der Waals surface area contributed by atoms with E-state index in [1.54, 1.807) is 7.11 Å². The molecule has 0 radical (unpaired) electrons. The first-order chi connectivity index (χ1) is 8.52. The van der Waals surface area contributed by atoms with Crippen LogP contribution in [-0.2, 0) is 5.41 Å². The number of aryl methyl sites for hydroxylation is 1. The number of methoxy groups -OCH3 is 1.